The fraction of sp³-hybridized carbons (Fsp3) is 0.348. The lowest BCUT2D eigenvalue weighted by molar-refractivity contribution is -0.125. The summed E-state index contributed by atoms with van der Waals surface area (Å²) in [5, 5.41) is 4.97. The van der Waals surface area contributed by atoms with E-state index in [-0.39, 0.29) is 47.5 Å². The average Bonchev–Trinajstić information content (AvgIpc) is 3.49. The molecule has 2 aromatic rings. The Bertz CT molecular complexity index is 1100. The summed E-state index contributed by atoms with van der Waals surface area (Å²) in [5.41, 5.74) is 2.24. The summed E-state index contributed by atoms with van der Waals surface area (Å²) in [4.78, 5) is 33.9. The fourth-order valence-corrected chi connectivity index (χ4v) is 6.24. The first-order valence-electron chi connectivity index (χ1n) is 10.1. The third-order valence-electron chi connectivity index (χ3n) is 7.17. The normalized spacial score (nSPS) is 33.4. The zero-order chi connectivity index (χ0) is 20.6. The number of methoxy groups -OCH3 is 1. The van der Waals surface area contributed by atoms with E-state index in [0.29, 0.717) is 16.5 Å². The molecule has 2 heterocycles. The van der Waals surface area contributed by atoms with E-state index < -0.39 is 0 Å². The molecule has 6 rings (SSSR count). The first-order valence-corrected chi connectivity index (χ1v) is 10.5. The lowest BCUT2D eigenvalue weighted by Gasteiger charge is -2.30. The monoisotopic (exact) mass is 422 g/mol. The number of imide groups is 1. The molecule has 0 spiro atoms. The molecule has 2 amide bonds. The number of nitrogens with zero attached hydrogens (tertiary/aromatic N) is 2. The molecule has 2 saturated carbocycles. The highest BCUT2D eigenvalue weighted by molar-refractivity contribution is 6.34. The van der Waals surface area contributed by atoms with Gasteiger partial charge in [-0.3, -0.25) is 14.5 Å². The third kappa shape index (κ3) is 2.23. The molecule has 0 N–H and O–H groups in total. The summed E-state index contributed by atoms with van der Waals surface area (Å²) in [5.74, 6) is -0.227. The van der Waals surface area contributed by atoms with E-state index in [1.54, 1.807) is 31.4 Å². The van der Waals surface area contributed by atoms with Gasteiger partial charge < -0.3 is 9.57 Å². The molecule has 30 heavy (non-hydrogen) atoms. The second-order valence-corrected chi connectivity index (χ2v) is 8.78. The van der Waals surface area contributed by atoms with Crippen LogP contribution in [0.1, 0.15) is 12.0 Å². The van der Waals surface area contributed by atoms with Crippen molar-refractivity contribution in [2.75, 3.05) is 12.0 Å². The zero-order valence-electron chi connectivity index (χ0n) is 16.2. The molecule has 2 aliphatic heterocycles. The summed E-state index contributed by atoms with van der Waals surface area (Å²) in [6.45, 7) is 0. The molecule has 6 nitrogen and oxygen atoms in total. The summed E-state index contributed by atoms with van der Waals surface area (Å²) < 4.78 is 5.19. The van der Waals surface area contributed by atoms with Gasteiger partial charge in [-0.2, -0.15) is 0 Å². The van der Waals surface area contributed by atoms with Gasteiger partial charge in [0.25, 0.3) is 0 Å². The maximum Gasteiger partial charge on any atom is 0.238 e. The van der Waals surface area contributed by atoms with Crippen molar-refractivity contribution in [1.29, 1.82) is 0 Å². The highest BCUT2D eigenvalue weighted by Crippen LogP contribution is 2.62. The minimum absolute atomic E-state index is 0.00608. The Morgan fingerprint density at radius 2 is 1.70 bits per heavy atom. The van der Waals surface area contributed by atoms with Crippen molar-refractivity contribution in [2.24, 2.45) is 34.7 Å². The molecule has 0 radical (unpaired) electrons. The molecule has 6 atom stereocenters. The van der Waals surface area contributed by atoms with Gasteiger partial charge >= 0.3 is 0 Å². The topological polar surface area (TPSA) is 68.2 Å². The predicted octanol–water partition coefficient (Wildman–Crippen LogP) is 3.52. The summed E-state index contributed by atoms with van der Waals surface area (Å²) in [6.07, 6.45) is 0.636. The first-order chi connectivity index (χ1) is 14.6. The number of hydrogen-bond acceptors (Lipinski definition) is 5. The highest BCUT2D eigenvalue weighted by Gasteiger charge is 2.70. The van der Waals surface area contributed by atoms with Crippen molar-refractivity contribution in [1.82, 2.24) is 0 Å². The van der Waals surface area contributed by atoms with Crippen LogP contribution in [0.4, 0.5) is 5.69 Å². The molecule has 4 aliphatic rings. The number of hydrogen-bond donors (Lipinski definition) is 0. The number of ether oxygens (including phenoxy) is 1. The minimum atomic E-state index is -0.341. The number of halogens is 1. The van der Waals surface area contributed by atoms with Crippen molar-refractivity contribution in [3.63, 3.8) is 0 Å². The van der Waals surface area contributed by atoms with Gasteiger partial charge in [-0.25, -0.2) is 0 Å². The van der Waals surface area contributed by atoms with E-state index in [0.717, 1.165) is 17.7 Å². The van der Waals surface area contributed by atoms with E-state index in [1.807, 2.05) is 24.3 Å². The average molecular weight is 423 g/mol. The van der Waals surface area contributed by atoms with Crippen molar-refractivity contribution >= 4 is 34.8 Å². The van der Waals surface area contributed by atoms with Crippen LogP contribution < -0.4 is 9.64 Å². The van der Waals surface area contributed by atoms with E-state index in [2.05, 4.69) is 5.16 Å². The Kier molecular flexibility index (Phi) is 3.78. The van der Waals surface area contributed by atoms with E-state index in [1.165, 1.54) is 4.90 Å². The fourth-order valence-electron chi connectivity index (χ4n) is 6.00. The molecule has 2 aliphatic carbocycles. The number of carbonyl (C=O) groups is 2. The molecule has 2 aromatic carbocycles. The predicted molar refractivity (Wildman–Crippen MR) is 110 cm³/mol. The maximum atomic E-state index is 13.4. The van der Waals surface area contributed by atoms with Gasteiger partial charge in [0.05, 0.1) is 30.3 Å². The number of amides is 2. The third-order valence-corrected chi connectivity index (χ3v) is 7.50. The highest BCUT2D eigenvalue weighted by atomic mass is 35.5. The minimum Gasteiger partial charge on any atom is -0.497 e. The Balaban J connectivity index is 1.35. The molecule has 3 fully saturated rings. The van der Waals surface area contributed by atoms with Gasteiger partial charge in [0.15, 0.2) is 0 Å². The van der Waals surface area contributed by atoms with Crippen molar-refractivity contribution < 1.29 is 19.2 Å². The first kappa shape index (κ1) is 18.0. The number of fused-ring (bicyclic) bond motifs is 8. The van der Waals surface area contributed by atoms with Crippen LogP contribution in [-0.2, 0) is 14.4 Å². The standard InChI is InChI=1S/C23H19ClN2O4/c1-29-12-8-6-11(7-9-12)26-22(27)17-14-10-15(18(17)23(26)28)21-19(14)20(25-30-21)13-4-2-3-5-16(13)24/h2-9,14-15,17-19,21H,10H2,1H3. The zero-order valence-corrected chi connectivity index (χ0v) is 17.0. The van der Waals surface area contributed by atoms with Crippen LogP contribution in [-0.4, -0.2) is 30.7 Å². The SMILES string of the molecule is COc1ccc(N2C(=O)C3C4CC(C5C(c6ccccc6Cl)=NOC45)C3C2=O)cc1. The van der Waals surface area contributed by atoms with E-state index >= 15 is 0 Å². The Morgan fingerprint density at radius 1 is 1.00 bits per heavy atom. The van der Waals surface area contributed by atoms with Gasteiger partial charge in [0, 0.05) is 22.4 Å². The lowest BCUT2D eigenvalue weighted by Crippen LogP contribution is -2.41. The molecular formula is C23H19ClN2O4. The number of carbonyl (C=O) groups excluding carboxylic acids is 2. The molecule has 1 saturated heterocycles. The largest absolute Gasteiger partial charge is 0.497 e. The van der Waals surface area contributed by atoms with Gasteiger partial charge in [-0.1, -0.05) is 35.0 Å². The van der Waals surface area contributed by atoms with Crippen LogP contribution >= 0.6 is 11.6 Å². The van der Waals surface area contributed by atoms with Crippen molar-refractivity contribution in [3.8, 4) is 5.75 Å². The maximum absolute atomic E-state index is 13.4. The van der Waals surface area contributed by atoms with Crippen LogP contribution in [0.5, 0.6) is 5.75 Å². The van der Waals surface area contributed by atoms with Crippen LogP contribution in [0.2, 0.25) is 5.02 Å². The van der Waals surface area contributed by atoms with Gasteiger partial charge in [-0.15, -0.1) is 0 Å². The summed E-state index contributed by atoms with van der Waals surface area (Å²) >= 11 is 6.41. The molecule has 152 valence electrons. The van der Waals surface area contributed by atoms with Crippen molar-refractivity contribution in [3.05, 3.63) is 59.1 Å². The van der Waals surface area contributed by atoms with Gasteiger partial charge in [0.2, 0.25) is 11.8 Å². The molecular weight excluding hydrogens is 404 g/mol. The molecule has 6 unspecified atom stereocenters. The smallest absolute Gasteiger partial charge is 0.238 e. The summed E-state index contributed by atoms with van der Waals surface area (Å²) in [6, 6.07) is 14.6. The lowest BCUT2D eigenvalue weighted by atomic mass is 9.71. The molecule has 7 heteroatoms. The Hall–Kier alpha value is -2.86. The molecule has 2 bridgehead atoms. The van der Waals surface area contributed by atoms with E-state index in [4.69, 9.17) is 21.2 Å². The second kappa shape index (κ2) is 6.32. The van der Waals surface area contributed by atoms with Crippen LogP contribution in [0.15, 0.2) is 53.7 Å². The quantitative estimate of drug-likeness (QED) is 0.710. The van der Waals surface area contributed by atoms with E-state index in [9.17, 15) is 9.59 Å². The van der Waals surface area contributed by atoms with Gasteiger partial charge in [-0.05, 0) is 42.7 Å². The Labute approximate surface area is 178 Å². The molecule has 0 aromatic heterocycles. The van der Waals surface area contributed by atoms with Crippen LogP contribution in [0.25, 0.3) is 0 Å². The van der Waals surface area contributed by atoms with Crippen molar-refractivity contribution in [2.45, 2.75) is 12.5 Å². The second-order valence-electron chi connectivity index (χ2n) is 8.38. The number of rotatable bonds is 3. The number of oxime groups is 1. The van der Waals surface area contributed by atoms with Gasteiger partial charge in [0.1, 0.15) is 11.9 Å². The summed E-state index contributed by atoms with van der Waals surface area (Å²) in [7, 11) is 1.58. The van der Waals surface area contributed by atoms with Crippen LogP contribution in [0, 0.1) is 29.6 Å². The number of anilines is 1. The number of benzene rings is 2. The Morgan fingerprint density at radius 3 is 2.40 bits per heavy atom. The van der Waals surface area contributed by atoms with Crippen LogP contribution in [0.3, 0.4) is 0 Å².